The molecule has 25 heavy (non-hydrogen) atoms. The van der Waals surface area contributed by atoms with E-state index in [9.17, 15) is 4.79 Å². The lowest BCUT2D eigenvalue weighted by molar-refractivity contribution is 0.102. The number of hydrogen-bond donors (Lipinski definition) is 0. The molecular weight excluding hydrogens is 304 g/mol. The Morgan fingerprint density at radius 2 is 1.52 bits per heavy atom. The van der Waals surface area contributed by atoms with Crippen molar-refractivity contribution in [1.29, 1.82) is 0 Å². The topological polar surface area (TPSA) is 17.1 Å². The number of carbonyl (C=O) groups is 1. The summed E-state index contributed by atoms with van der Waals surface area (Å²) in [5.41, 5.74) is 6.43. The highest BCUT2D eigenvalue weighted by molar-refractivity contribution is 6.13. The van der Waals surface area contributed by atoms with Crippen molar-refractivity contribution in [2.45, 2.75) is 19.3 Å². The van der Waals surface area contributed by atoms with Crippen molar-refractivity contribution in [1.82, 2.24) is 0 Å². The number of fused-ring (bicyclic) bond motifs is 1. The Labute approximate surface area is 148 Å². The van der Waals surface area contributed by atoms with E-state index in [0.29, 0.717) is 0 Å². The number of aryl methyl sites for hydroxylation is 1. The summed E-state index contributed by atoms with van der Waals surface area (Å²) >= 11 is 0. The summed E-state index contributed by atoms with van der Waals surface area (Å²) in [5, 5.41) is 0. The summed E-state index contributed by atoms with van der Waals surface area (Å²) in [4.78, 5) is 13.0. The molecule has 1 aliphatic carbocycles. The summed E-state index contributed by atoms with van der Waals surface area (Å²) in [5.74, 6) is 0.384. The first-order valence-electron chi connectivity index (χ1n) is 8.68. The van der Waals surface area contributed by atoms with Crippen LogP contribution in [0.3, 0.4) is 0 Å². The van der Waals surface area contributed by atoms with E-state index in [1.807, 2.05) is 30.3 Å². The third-order valence-corrected chi connectivity index (χ3v) is 4.92. The van der Waals surface area contributed by atoms with Gasteiger partial charge in [-0.25, -0.2) is 0 Å². The van der Waals surface area contributed by atoms with Gasteiger partial charge in [0.2, 0.25) is 0 Å². The van der Waals surface area contributed by atoms with E-state index in [2.05, 4.69) is 61.5 Å². The smallest absolute Gasteiger partial charge is 0.189 e. The van der Waals surface area contributed by atoms with Crippen LogP contribution in [0.4, 0.5) is 0 Å². The van der Waals surface area contributed by atoms with Gasteiger partial charge in [-0.2, -0.15) is 0 Å². The van der Waals surface area contributed by atoms with Crippen LogP contribution in [0.15, 0.2) is 84.4 Å². The minimum atomic E-state index is 0.156. The standard InChI is InChI=1S/C24H20O/c1-17-11-13-18(14-12-17)15-20-16-23(19-7-3-2-4-8-19)21-9-5-6-10-22(21)24(20)25/h2-15,23H,16H2,1H3/b20-15+. The average molecular weight is 324 g/mol. The van der Waals surface area contributed by atoms with Crippen LogP contribution < -0.4 is 0 Å². The van der Waals surface area contributed by atoms with Crippen LogP contribution in [0.2, 0.25) is 0 Å². The quantitative estimate of drug-likeness (QED) is 0.545. The fraction of sp³-hybridized carbons (Fsp3) is 0.125. The lowest BCUT2D eigenvalue weighted by Crippen LogP contribution is -2.19. The molecule has 0 spiro atoms. The van der Waals surface area contributed by atoms with Crippen LogP contribution >= 0.6 is 0 Å². The molecule has 0 aromatic heterocycles. The maximum atomic E-state index is 13.0. The Bertz CT molecular complexity index is 933. The van der Waals surface area contributed by atoms with Crippen LogP contribution in [-0.2, 0) is 0 Å². The molecule has 4 rings (SSSR count). The third-order valence-electron chi connectivity index (χ3n) is 4.92. The van der Waals surface area contributed by atoms with Gasteiger partial charge < -0.3 is 0 Å². The minimum absolute atomic E-state index is 0.156. The SMILES string of the molecule is Cc1ccc(/C=C2\CC(c3ccccc3)c3ccccc3C2=O)cc1. The number of rotatable bonds is 2. The molecule has 0 radical (unpaired) electrons. The van der Waals surface area contributed by atoms with E-state index in [0.717, 1.165) is 28.7 Å². The molecule has 1 nitrogen and oxygen atoms in total. The molecular formula is C24H20O. The van der Waals surface area contributed by atoms with Gasteiger partial charge in [-0.3, -0.25) is 4.79 Å². The molecule has 3 aromatic rings. The first-order valence-corrected chi connectivity index (χ1v) is 8.68. The van der Waals surface area contributed by atoms with Gasteiger partial charge in [0, 0.05) is 17.1 Å². The van der Waals surface area contributed by atoms with E-state index >= 15 is 0 Å². The maximum absolute atomic E-state index is 13.0. The van der Waals surface area contributed by atoms with E-state index in [-0.39, 0.29) is 11.7 Å². The van der Waals surface area contributed by atoms with Crippen molar-refractivity contribution in [2.24, 2.45) is 0 Å². The lowest BCUT2D eigenvalue weighted by Gasteiger charge is -2.27. The zero-order valence-electron chi connectivity index (χ0n) is 14.3. The predicted molar refractivity (Wildman–Crippen MR) is 103 cm³/mol. The van der Waals surface area contributed by atoms with Gasteiger partial charge in [-0.15, -0.1) is 0 Å². The average Bonchev–Trinajstić information content (AvgIpc) is 2.66. The molecule has 122 valence electrons. The molecule has 0 saturated heterocycles. The molecule has 1 heteroatoms. The Hall–Kier alpha value is -2.93. The number of allylic oxidation sites excluding steroid dienone is 1. The molecule has 0 amide bonds. The highest BCUT2D eigenvalue weighted by Crippen LogP contribution is 2.39. The first kappa shape index (κ1) is 15.6. The molecule has 0 aliphatic heterocycles. The highest BCUT2D eigenvalue weighted by atomic mass is 16.1. The zero-order valence-corrected chi connectivity index (χ0v) is 14.3. The summed E-state index contributed by atoms with van der Waals surface area (Å²) in [7, 11) is 0. The largest absolute Gasteiger partial charge is 0.289 e. The second-order valence-electron chi connectivity index (χ2n) is 6.66. The molecule has 3 aromatic carbocycles. The van der Waals surface area contributed by atoms with Gasteiger partial charge in [-0.05, 0) is 36.1 Å². The first-order chi connectivity index (χ1) is 12.2. The Kier molecular flexibility index (Phi) is 4.07. The van der Waals surface area contributed by atoms with Crippen LogP contribution in [0.25, 0.3) is 6.08 Å². The van der Waals surface area contributed by atoms with Crippen molar-refractivity contribution in [3.8, 4) is 0 Å². The normalized spacial score (nSPS) is 18.2. The zero-order chi connectivity index (χ0) is 17.2. The second-order valence-corrected chi connectivity index (χ2v) is 6.66. The van der Waals surface area contributed by atoms with Crippen LogP contribution in [0.1, 0.15) is 45.0 Å². The van der Waals surface area contributed by atoms with E-state index in [1.54, 1.807) is 0 Å². The lowest BCUT2D eigenvalue weighted by atomic mass is 9.75. The van der Waals surface area contributed by atoms with Gasteiger partial charge in [0.1, 0.15) is 0 Å². The second kappa shape index (κ2) is 6.52. The Balaban J connectivity index is 1.81. The summed E-state index contributed by atoms with van der Waals surface area (Å²) in [6, 6.07) is 26.8. The number of benzene rings is 3. The molecule has 1 atom stereocenters. The number of carbonyl (C=O) groups excluding carboxylic acids is 1. The summed E-state index contributed by atoms with van der Waals surface area (Å²) in [6.07, 6.45) is 2.79. The van der Waals surface area contributed by atoms with E-state index in [1.165, 1.54) is 11.1 Å². The molecule has 0 N–H and O–H groups in total. The van der Waals surface area contributed by atoms with Crippen LogP contribution in [0, 0.1) is 6.92 Å². The molecule has 0 heterocycles. The molecule has 0 bridgehead atoms. The maximum Gasteiger partial charge on any atom is 0.189 e. The van der Waals surface area contributed by atoms with Crippen molar-refractivity contribution in [2.75, 3.05) is 0 Å². The van der Waals surface area contributed by atoms with E-state index < -0.39 is 0 Å². The highest BCUT2D eigenvalue weighted by Gasteiger charge is 2.29. The molecule has 1 unspecified atom stereocenters. The number of hydrogen-bond acceptors (Lipinski definition) is 1. The van der Waals surface area contributed by atoms with Crippen LogP contribution in [0.5, 0.6) is 0 Å². The van der Waals surface area contributed by atoms with Gasteiger partial charge in [-0.1, -0.05) is 84.4 Å². The van der Waals surface area contributed by atoms with Crippen LogP contribution in [-0.4, -0.2) is 5.78 Å². The molecule has 0 saturated carbocycles. The van der Waals surface area contributed by atoms with Gasteiger partial charge in [0.15, 0.2) is 5.78 Å². The number of ketones is 1. The van der Waals surface area contributed by atoms with Crippen molar-refractivity contribution in [3.05, 3.63) is 112 Å². The van der Waals surface area contributed by atoms with Crippen molar-refractivity contribution >= 4 is 11.9 Å². The predicted octanol–water partition coefficient (Wildman–Crippen LogP) is 5.80. The van der Waals surface area contributed by atoms with E-state index in [4.69, 9.17) is 0 Å². The van der Waals surface area contributed by atoms with Crippen molar-refractivity contribution in [3.63, 3.8) is 0 Å². The van der Waals surface area contributed by atoms with Gasteiger partial charge in [0.25, 0.3) is 0 Å². The third kappa shape index (κ3) is 3.06. The number of Topliss-reactive ketones (excluding diaryl/α,β-unsaturated/α-hetero) is 1. The van der Waals surface area contributed by atoms with Gasteiger partial charge in [0.05, 0.1) is 0 Å². The minimum Gasteiger partial charge on any atom is -0.289 e. The fourth-order valence-electron chi connectivity index (χ4n) is 3.57. The Morgan fingerprint density at radius 1 is 0.840 bits per heavy atom. The summed E-state index contributed by atoms with van der Waals surface area (Å²) in [6.45, 7) is 2.07. The molecule has 0 fully saturated rings. The Morgan fingerprint density at radius 3 is 2.28 bits per heavy atom. The summed E-state index contributed by atoms with van der Waals surface area (Å²) < 4.78 is 0. The van der Waals surface area contributed by atoms with Gasteiger partial charge >= 0.3 is 0 Å². The fourth-order valence-corrected chi connectivity index (χ4v) is 3.57. The molecule has 1 aliphatic rings. The van der Waals surface area contributed by atoms with Crippen molar-refractivity contribution < 1.29 is 4.79 Å². The monoisotopic (exact) mass is 324 g/mol.